The van der Waals surface area contributed by atoms with Crippen LogP contribution in [-0.2, 0) is 20.9 Å². The average molecular weight is 412 g/mol. The number of hydrogen-bond acceptors (Lipinski definition) is 5. The molecule has 0 aliphatic heterocycles. The van der Waals surface area contributed by atoms with Crippen LogP contribution in [0.15, 0.2) is 48.5 Å². The lowest BCUT2D eigenvalue weighted by Gasteiger charge is -2.23. The summed E-state index contributed by atoms with van der Waals surface area (Å²) in [6.45, 7) is 10.3. The maximum Gasteiger partial charge on any atom is 0.313 e. The molecule has 0 amide bonds. The molecule has 1 N–H and O–H groups in total. The Kier molecular flexibility index (Phi) is 9.06. The fraction of sp³-hybridized carbons (Fsp3) is 0.440. The summed E-state index contributed by atoms with van der Waals surface area (Å²) in [5.74, 6) is -0.233. The van der Waals surface area contributed by atoms with Crippen molar-refractivity contribution >= 4 is 11.9 Å². The summed E-state index contributed by atoms with van der Waals surface area (Å²) in [7, 11) is 0. The highest BCUT2D eigenvalue weighted by Crippen LogP contribution is 2.35. The quantitative estimate of drug-likeness (QED) is 0.448. The van der Waals surface area contributed by atoms with E-state index in [0.29, 0.717) is 11.8 Å². The molecule has 2 rings (SSSR count). The molecule has 2 aromatic rings. The fourth-order valence-corrected chi connectivity index (χ4v) is 3.17. The van der Waals surface area contributed by atoms with Crippen LogP contribution in [0.3, 0.4) is 0 Å². The normalized spacial score (nSPS) is 12.1. The van der Waals surface area contributed by atoms with Crippen LogP contribution in [0.4, 0.5) is 0 Å². The maximum atomic E-state index is 12.3. The average Bonchev–Trinajstić information content (AvgIpc) is 2.71. The van der Waals surface area contributed by atoms with Gasteiger partial charge in [0.15, 0.2) is 0 Å². The summed E-state index contributed by atoms with van der Waals surface area (Å²) in [5, 5.41) is 3.47. The van der Waals surface area contributed by atoms with Crippen molar-refractivity contribution in [2.45, 2.75) is 59.6 Å². The van der Waals surface area contributed by atoms with Gasteiger partial charge >= 0.3 is 11.9 Å². The van der Waals surface area contributed by atoms with Crippen LogP contribution in [0.5, 0.6) is 5.75 Å². The highest BCUT2D eigenvalue weighted by atomic mass is 16.5. The number of carbonyl (C=O) groups is 2. The number of benzene rings is 2. The van der Waals surface area contributed by atoms with Crippen molar-refractivity contribution in [2.75, 3.05) is 6.54 Å². The summed E-state index contributed by atoms with van der Waals surface area (Å²) in [6, 6.07) is 16.2. The van der Waals surface area contributed by atoms with Crippen LogP contribution in [-0.4, -0.2) is 24.5 Å². The van der Waals surface area contributed by atoms with E-state index in [1.54, 1.807) is 6.07 Å². The second-order valence-corrected chi connectivity index (χ2v) is 8.09. The lowest BCUT2D eigenvalue weighted by atomic mass is 9.87. The van der Waals surface area contributed by atoms with Gasteiger partial charge in [-0.15, -0.1) is 0 Å². The van der Waals surface area contributed by atoms with Crippen LogP contribution in [0.25, 0.3) is 0 Å². The first-order valence-corrected chi connectivity index (χ1v) is 10.5. The van der Waals surface area contributed by atoms with Crippen molar-refractivity contribution in [3.8, 4) is 5.75 Å². The molecule has 0 aliphatic rings. The van der Waals surface area contributed by atoms with Crippen molar-refractivity contribution in [3.05, 3.63) is 65.2 Å². The van der Waals surface area contributed by atoms with E-state index in [-0.39, 0.29) is 30.4 Å². The Bertz CT molecular complexity index is 830. The number of ether oxygens (including phenoxy) is 2. The van der Waals surface area contributed by atoms with Gasteiger partial charge in [-0.3, -0.25) is 9.59 Å². The molecule has 0 heterocycles. The van der Waals surface area contributed by atoms with Gasteiger partial charge in [-0.05, 0) is 36.2 Å². The second-order valence-electron chi connectivity index (χ2n) is 8.09. The maximum absolute atomic E-state index is 12.3. The van der Waals surface area contributed by atoms with Crippen LogP contribution in [0.2, 0.25) is 0 Å². The number of rotatable bonds is 10. The molecule has 5 heteroatoms. The fourth-order valence-electron chi connectivity index (χ4n) is 3.17. The summed E-state index contributed by atoms with van der Waals surface area (Å²) in [5.41, 5.74) is 2.93. The summed E-state index contributed by atoms with van der Waals surface area (Å²) < 4.78 is 10.9. The van der Waals surface area contributed by atoms with Crippen molar-refractivity contribution in [2.24, 2.45) is 5.92 Å². The molecule has 5 nitrogen and oxygen atoms in total. The van der Waals surface area contributed by atoms with E-state index in [1.807, 2.05) is 44.2 Å². The molecule has 0 saturated heterocycles. The van der Waals surface area contributed by atoms with E-state index in [9.17, 15) is 9.59 Å². The van der Waals surface area contributed by atoms with E-state index >= 15 is 0 Å². The van der Waals surface area contributed by atoms with Crippen molar-refractivity contribution < 1.29 is 19.1 Å². The number of hydrogen-bond donors (Lipinski definition) is 1. The van der Waals surface area contributed by atoms with Gasteiger partial charge in [-0.1, -0.05) is 64.1 Å². The molecule has 0 bridgehead atoms. The lowest BCUT2D eigenvalue weighted by molar-refractivity contribution is -0.142. The van der Waals surface area contributed by atoms with Crippen LogP contribution >= 0.6 is 0 Å². The molecule has 0 saturated carbocycles. The Morgan fingerprint density at radius 3 is 2.30 bits per heavy atom. The number of nitrogens with one attached hydrogen (secondary N) is 1. The predicted octanol–water partition coefficient (Wildman–Crippen LogP) is 4.83. The molecule has 0 aromatic heterocycles. The number of esters is 2. The van der Waals surface area contributed by atoms with Gasteiger partial charge in [0.1, 0.15) is 12.4 Å². The third kappa shape index (κ3) is 7.30. The lowest BCUT2D eigenvalue weighted by Crippen LogP contribution is -2.25. The van der Waals surface area contributed by atoms with Gasteiger partial charge < -0.3 is 14.8 Å². The molecule has 162 valence electrons. The van der Waals surface area contributed by atoms with E-state index in [4.69, 9.17) is 9.47 Å². The highest BCUT2D eigenvalue weighted by molar-refractivity contribution is 5.75. The van der Waals surface area contributed by atoms with Gasteiger partial charge in [0, 0.05) is 24.4 Å². The van der Waals surface area contributed by atoms with Crippen molar-refractivity contribution in [3.63, 3.8) is 0 Å². The zero-order valence-electron chi connectivity index (χ0n) is 18.6. The minimum Gasteiger partial charge on any atom is -0.461 e. The second kappa shape index (κ2) is 11.5. The third-order valence-electron chi connectivity index (χ3n) is 4.76. The van der Waals surface area contributed by atoms with Crippen molar-refractivity contribution in [1.82, 2.24) is 5.32 Å². The Morgan fingerprint density at radius 2 is 1.70 bits per heavy atom. The predicted molar refractivity (Wildman–Crippen MR) is 118 cm³/mol. The molecule has 30 heavy (non-hydrogen) atoms. The molecule has 0 spiro atoms. The van der Waals surface area contributed by atoms with E-state index in [0.717, 1.165) is 29.7 Å². The highest BCUT2D eigenvalue weighted by Gasteiger charge is 2.22. The zero-order valence-corrected chi connectivity index (χ0v) is 18.6. The van der Waals surface area contributed by atoms with Gasteiger partial charge in [-0.2, -0.15) is 0 Å². The Labute approximate surface area is 179 Å². The first-order chi connectivity index (χ1) is 14.3. The minimum absolute atomic E-state index is 0.0321. The van der Waals surface area contributed by atoms with E-state index in [2.05, 4.69) is 31.3 Å². The Hall–Kier alpha value is -2.66. The third-order valence-corrected chi connectivity index (χ3v) is 4.76. The summed E-state index contributed by atoms with van der Waals surface area (Å²) >= 11 is 0. The smallest absolute Gasteiger partial charge is 0.313 e. The standard InChI is InChI=1S/C25H33NO4/c1-17(2)25(28)30-24-12-11-20(16-29-19(5)27)15-23(24)22(13-14-26-18(3)4)21-9-7-6-8-10-21/h6-12,15,17-18,22,26H,13-14,16H2,1-5H3/t22-/m1/s1. The number of carbonyl (C=O) groups excluding carboxylic acids is 2. The molecule has 1 atom stereocenters. The molecule has 0 fully saturated rings. The van der Waals surface area contributed by atoms with Crippen LogP contribution in [0, 0.1) is 5.92 Å². The first kappa shape index (κ1) is 23.6. The Balaban J connectivity index is 2.45. The molecule has 0 radical (unpaired) electrons. The topological polar surface area (TPSA) is 64.6 Å². The summed E-state index contributed by atoms with van der Waals surface area (Å²) in [4.78, 5) is 23.6. The Morgan fingerprint density at radius 1 is 1.00 bits per heavy atom. The molecule has 0 unspecified atom stereocenters. The molecule has 2 aromatic carbocycles. The van der Waals surface area contributed by atoms with Crippen molar-refractivity contribution in [1.29, 1.82) is 0 Å². The molecular formula is C25H33NO4. The van der Waals surface area contributed by atoms with Gasteiger partial charge in [0.2, 0.25) is 0 Å². The molecule has 0 aliphatic carbocycles. The first-order valence-electron chi connectivity index (χ1n) is 10.5. The summed E-state index contributed by atoms with van der Waals surface area (Å²) in [6.07, 6.45) is 0.839. The van der Waals surface area contributed by atoms with Gasteiger partial charge in [0.05, 0.1) is 5.92 Å². The monoisotopic (exact) mass is 411 g/mol. The molecular weight excluding hydrogens is 378 g/mol. The van der Waals surface area contributed by atoms with Gasteiger partial charge in [-0.25, -0.2) is 0 Å². The largest absolute Gasteiger partial charge is 0.461 e. The minimum atomic E-state index is -0.326. The van der Waals surface area contributed by atoms with E-state index < -0.39 is 0 Å². The SMILES string of the molecule is CC(=O)OCc1ccc(OC(=O)C(C)C)c([C@H](CCNC(C)C)c2ccccc2)c1. The van der Waals surface area contributed by atoms with Crippen LogP contribution < -0.4 is 10.1 Å². The van der Waals surface area contributed by atoms with Crippen LogP contribution in [0.1, 0.15) is 63.6 Å². The van der Waals surface area contributed by atoms with Gasteiger partial charge in [0.25, 0.3) is 0 Å². The van der Waals surface area contributed by atoms with E-state index in [1.165, 1.54) is 6.92 Å². The zero-order chi connectivity index (χ0) is 22.1.